The highest BCUT2D eigenvalue weighted by molar-refractivity contribution is 5.96. The summed E-state index contributed by atoms with van der Waals surface area (Å²) >= 11 is 0. The summed E-state index contributed by atoms with van der Waals surface area (Å²) in [5.41, 5.74) is 6.07. The van der Waals surface area contributed by atoms with Crippen LogP contribution in [0, 0.1) is 5.41 Å². The molecule has 1 aromatic heterocycles. The molecule has 5 nitrogen and oxygen atoms in total. The maximum atomic E-state index is 13.1. The van der Waals surface area contributed by atoms with Crippen molar-refractivity contribution >= 4 is 28.8 Å². The van der Waals surface area contributed by atoms with Crippen LogP contribution in [0.1, 0.15) is 34.8 Å². The van der Waals surface area contributed by atoms with Crippen LogP contribution in [-0.4, -0.2) is 22.9 Å². The summed E-state index contributed by atoms with van der Waals surface area (Å²) < 4.78 is 0. The van der Waals surface area contributed by atoms with Gasteiger partial charge >= 0.3 is 0 Å². The van der Waals surface area contributed by atoms with E-state index in [4.69, 9.17) is 4.98 Å². The molecule has 156 valence electrons. The Hall–Kier alpha value is -3.86. The smallest absolute Gasteiger partial charge is 0.237 e. The minimum Gasteiger partial charge on any atom is -0.310 e. The summed E-state index contributed by atoms with van der Waals surface area (Å²) in [4.78, 5) is 34.2. The first-order chi connectivity index (χ1) is 15.5. The highest BCUT2D eigenvalue weighted by Crippen LogP contribution is 2.48. The Labute approximate surface area is 185 Å². The predicted octanol–water partition coefficient (Wildman–Crippen LogP) is 4.56. The zero-order valence-electron chi connectivity index (χ0n) is 17.7. The number of allylic oxidation sites excluding steroid dienone is 2. The van der Waals surface area contributed by atoms with Crippen molar-refractivity contribution in [3.63, 3.8) is 0 Å². The number of aromatic nitrogens is 1. The first kappa shape index (κ1) is 18.9. The van der Waals surface area contributed by atoms with Crippen molar-refractivity contribution in [2.24, 2.45) is 10.4 Å². The largest absolute Gasteiger partial charge is 0.310 e. The number of carbonyl (C=O) groups excluding carboxylic acids is 2. The number of rotatable bonds is 2. The van der Waals surface area contributed by atoms with Crippen molar-refractivity contribution in [1.82, 2.24) is 10.3 Å². The number of nitrogens with one attached hydrogen (secondary N) is 1. The number of hydrogen-bond donors (Lipinski definition) is 1. The second-order valence-electron chi connectivity index (χ2n) is 8.75. The maximum Gasteiger partial charge on any atom is 0.237 e. The molecule has 0 saturated carbocycles. The Morgan fingerprint density at radius 2 is 1.91 bits per heavy atom. The molecular formula is C27H21N3O2. The van der Waals surface area contributed by atoms with Gasteiger partial charge in [0.1, 0.15) is 5.82 Å². The molecule has 1 unspecified atom stereocenters. The van der Waals surface area contributed by atoms with Gasteiger partial charge in [0.2, 0.25) is 5.91 Å². The average Bonchev–Trinajstić information content (AvgIpc) is 3.16. The topological polar surface area (TPSA) is 71.4 Å². The maximum absolute atomic E-state index is 13.1. The van der Waals surface area contributed by atoms with Crippen molar-refractivity contribution in [3.8, 4) is 11.3 Å². The summed E-state index contributed by atoms with van der Waals surface area (Å²) in [5, 5.41) is 4.05. The van der Waals surface area contributed by atoms with E-state index in [2.05, 4.69) is 40.7 Å². The molecule has 0 saturated heterocycles. The Morgan fingerprint density at radius 1 is 1.06 bits per heavy atom. The van der Waals surface area contributed by atoms with Gasteiger partial charge in [0.25, 0.3) is 0 Å². The minimum absolute atomic E-state index is 0.0288. The molecule has 3 heterocycles. The van der Waals surface area contributed by atoms with E-state index in [1.54, 1.807) is 6.92 Å². The van der Waals surface area contributed by atoms with Crippen LogP contribution >= 0.6 is 0 Å². The molecular weight excluding hydrogens is 398 g/mol. The molecule has 1 amide bonds. The molecule has 0 radical (unpaired) electrons. The van der Waals surface area contributed by atoms with Gasteiger partial charge in [-0.3, -0.25) is 9.59 Å². The Kier molecular flexibility index (Phi) is 4.02. The van der Waals surface area contributed by atoms with Gasteiger partial charge in [-0.05, 0) is 55.2 Å². The quantitative estimate of drug-likeness (QED) is 0.619. The Morgan fingerprint density at radius 3 is 2.75 bits per heavy atom. The van der Waals surface area contributed by atoms with Crippen LogP contribution in [0.25, 0.3) is 22.2 Å². The number of nitrogens with zero attached hydrogens (tertiary/aromatic N) is 2. The number of hydrogen-bond acceptors (Lipinski definition) is 4. The van der Waals surface area contributed by atoms with Gasteiger partial charge in [-0.1, -0.05) is 36.4 Å². The molecule has 6 rings (SSSR count). The van der Waals surface area contributed by atoms with Crippen LogP contribution in [0.5, 0.6) is 0 Å². The lowest BCUT2D eigenvalue weighted by Crippen LogP contribution is -2.35. The fourth-order valence-electron chi connectivity index (χ4n) is 5.09. The van der Waals surface area contributed by atoms with Crippen LogP contribution in [0.3, 0.4) is 0 Å². The average molecular weight is 419 g/mol. The highest BCUT2D eigenvalue weighted by Gasteiger charge is 2.51. The highest BCUT2D eigenvalue weighted by atomic mass is 16.2. The van der Waals surface area contributed by atoms with Crippen molar-refractivity contribution in [1.29, 1.82) is 0 Å². The summed E-state index contributed by atoms with van der Waals surface area (Å²) in [6.45, 7) is 1.57. The van der Waals surface area contributed by atoms with E-state index in [-0.39, 0.29) is 11.7 Å². The molecule has 32 heavy (non-hydrogen) atoms. The second-order valence-corrected chi connectivity index (χ2v) is 8.75. The van der Waals surface area contributed by atoms with Gasteiger partial charge < -0.3 is 5.32 Å². The van der Waals surface area contributed by atoms with Crippen LogP contribution < -0.4 is 5.32 Å². The lowest BCUT2D eigenvalue weighted by molar-refractivity contribution is -0.126. The van der Waals surface area contributed by atoms with Gasteiger partial charge in [-0.25, -0.2) is 9.98 Å². The van der Waals surface area contributed by atoms with E-state index in [0.717, 1.165) is 39.7 Å². The lowest BCUT2D eigenvalue weighted by atomic mass is 9.78. The summed E-state index contributed by atoms with van der Waals surface area (Å²) in [6.07, 6.45) is 8.05. The molecule has 2 aliphatic heterocycles. The minimum atomic E-state index is -0.591. The fourth-order valence-corrected chi connectivity index (χ4v) is 5.09. The number of ketones is 1. The molecule has 3 aromatic rings. The number of amides is 1. The van der Waals surface area contributed by atoms with Crippen LogP contribution in [0.4, 0.5) is 0 Å². The lowest BCUT2D eigenvalue weighted by Gasteiger charge is -2.21. The number of aliphatic imine (C=N–C) groups is 1. The van der Waals surface area contributed by atoms with E-state index in [1.807, 2.05) is 36.5 Å². The van der Waals surface area contributed by atoms with Gasteiger partial charge in [0.15, 0.2) is 5.78 Å². The van der Waals surface area contributed by atoms with Crippen molar-refractivity contribution in [2.45, 2.75) is 26.2 Å². The van der Waals surface area contributed by atoms with E-state index >= 15 is 0 Å². The molecule has 3 aliphatic rings. The Bertz CT molecular complexity index is 1430. The van der Waals surface area contributed by atoms with Crippen LogP contribution in [0.15, 0.2) is 77.1 Å². The molecule has 0 fully saturated rings. The summed E-state index contributed by atoms with van der Waals surface area (Å²) in [6, 6.07) is 15.9. The van der Waals surface area contributed by atoms with E-state index in [1.165, 1.54) is 5.56 Å². The van der Waals surface area contributed by atoms with E-state index in [0.29, 0.717) is 24.2 Å². The second kappa shape index (κ2) is 6.82. The fraction of sp³-hybridized carbons (Fsp3) is 0.185. The summed E-state index contributed by atoms with van der Waals surface area (Å²) in [7, 11) is 0. The molecule has 1 N–H and O–H groups in total. The molecule has 1 spiro atoms. The zero-order chi connectivity index (χ0) is 21.9. The Balaban J connectivity index is 1.42. The van der Waals surface area contributed by atoms with Crippen LogP contribution in [0.2, 0.25) is 0 Å². The number of fused-ring (bicyclic) bond motifs is 3. The number of benzene rings is 2. The van der Waals surface area contributed by atoms with E-state index in [9.17, 15) is 9.59 Å². The van der Waals surface area contributed by atoms with Gasteiger partial charge in [0, 0.05) is 34.7 Å². The normalized spacial score (nSPS) is 21.1. The summed E-state index contributed by atoms with van der Waals surface area (Å²) in [5.74, 6) is 0.754. The monoisotopic (exact) mass is 419 g/mol. The van der Waals surface area contributed by atoms with Crippen molar-refractivity contribution in [2.75, 3.05) is 0 Å². The molecule has 0 bridgehead atoms. The SMILES string of the molecule is CC(=O)c1cccc(-c2ccc3cc4c(cc3n2)CC2(C4)C(=O)NC3=C2C=CCC=N3)c1. The van der Waals surface area contributed by atoms with Crippen LogP contribution in [-0.2, 0) is 17.6 Å². The van der Waals surface area contributed by atoms with Gasteiger partial charge in [0.05, 0.1) is 16.6 Å². The first-order valence-electron chi connectivity index (χ1n) is 10.8. The predicted molar refractivity (Wildman–Crippen MR) is 124 cm³/mol. The van der Waals surface area contributed by atoms with Gasteiger partial charge in [-0.2, -0.15) is 0 Å². The number of Topliss-reactive ketones (excluding diaryl/α,β-unsaturated/α-hetero) is 1. The van der Waals surface area contributed by atoms with Crippen molar-refractivity contribution < 1.29 is 9.59 Å². The molecule has 1 aliphatic carbocycles. The number of carbonyl (C=O) groups is 2. The van der Waals surface area contributed by atoms with E-state index < -0.39 is 5.41 Å². The van der Waals surface area contributed by atoms with Gasteiger partial charge in [-0.15, -0.1) is 0 Å². The first-order valence-corrected chi connectivity index (χ1v) is 10.8. The molecule has 2 aromatic carbocycles. The number of pyridine rings is 1. The van der Waals surface area contributed by atoms with Crippen molar-refractivity contribution in [3.05, 3.63) is 88.8 Å². The molecule has 1 atom stereocenters. The standard InChI is InChI=1S/C27H21N3O2/c1-16(31)17-5-4-6-18(11-17)23-9-8-19-12-20-14-27(15-21(20)13-24(19)29-23)22-7-2-3-10-28-25(22)30-26(27)32/h2,4-13H,3,14-15H2,1H3,(H,30,32). The third kappa shape index (κ3) is 2.78. The molecule has 5 heteroatoms. The third-order valence-electron chi connectivity index (χ3n) is 6.74. The zero-order valence-corrected chi connectivity index (χ0v) is 17.7. The third-order valence-corrected chi connectivity index (χ3v) is 6.74.